The number of Topliss-reactive ketones (excluding diaryl/α,β-unsaturated/α-hetero) is 1. The van der Waals surface area contributed by atoms with Crippen molar-refractivity contribution in [2.75, 3.05) is 106 Å². The lowest BCUT2D eigenvalue weighted by Crippen LogP contribution is -2.51. The van der Waals surface area contributed by atoms with Crippen LogP contribution >= 0.6 is 35.6 Å². The Morgan fingerprint density at radius 1 is 0.362 bits per heavy atom. The van der Waals surface area contributed by atoms with E-state index in [4.69, 9.17) is 28.9 Å². The minimum Gasteiger partial charge on any atom is -0.398 e. The predicted octanol–water partition coefficient (Wildman–Crippen LogP) is 25.0. The lowest BCUT2D eigenvalue weighted by Gasteiger charge is -2.42. The summed E-state index contributed by atoms with van der Waals surface area (Å²) in [5.41, 5.74) is 19.8. The Morgan fingerprint density at radius 3 is 1.09 bits per heavy atom. The van der Waals surface area contributed by atoms with Crippen LogP contribution in [0.1, 0.15) is 171 Å². The number of benzene rings is 7. The summed E-state index contributed by atoms with van der Waals surface area (Å²) in [6, 6.07) is 66.9. The van der Waals surface area contributed by atoms with Crippen molar-refractivity contribution in [3.63, 3.8) is 0 Å². The number of piperazine rings is 3. The van der Waals surface area contributed by atoms with Crippen LogP contribution in [0.5, 0.6) is 0 Å². The number of likely N-dealkylation sites (N-methyl/N-ethyl adjacent to an activating group) is 1. The van der Waals surface area contributed by atoms with Gasteiger partial charge in [0.2, 0.25) is 0 Å². The van der Waals surface area contributed by atoms with E-state index in [1.165, 1.54) is 86.3 Å². The van der Waals surface area contributed by atoms with Crippen molar-refractivity contribution < 1.29 is 4.79 Å². The minimum absolute atomic E-state index is 0. The Bertz CT molecular complexity index is 4830. The molecule has 9 heterocycles. The van der Waals surface area contributed by atoms with Gasteiger partial charge in [0.25, 0.3) is 0 Å². The third kappa shape index (κ3) is 27.2. The average molecular weight is 1630 g/mol. The molecule has 13 aromatic rings. The topological polar surface area (TPSA) is 133 Å². The van der Waals surface area contributed by atoms with E-state index in [2.05, 4.69) is 214 Å². The Kier molecular flexibility index (Phi) is 45.4. The number of hydrogen-bond donors (Lipinski definition) is 2. The number of nitrogens with zero attached hydrogens (tertiary/aromatic N) is 11. The molecular weight excluding hydrogens is 1490 g/mol. The molecule has 0 radical (unpaired) electrons. The van der Waals surface area contributed by atoms with Crippen molar-refractivity contribution in [3.8, 4) is 0 Å². The van der Waals surface area contributed by atoms with Gasteiger partial charge in [-0.25, -0.2) is 0 Å². The maximum atomic E-state index is 11.3. The van der Waals surface area contributed by atoms with Gasteiger partial charge in [-0.3, -0.25) is 29.6 Å². The van der Waals surface area contributed by atoms with Gasteiger partial charge in [0.15, 0.2) is 0 Å². The van der Waals surface area contributed by atoms with E-state index < -0.39 is 0 Å². The van der Waals surface area contributed by atoms with Crippen LogP contribution in [0.2, 0.25) is 10.0 Å². The zero-order valence-electron chi connectivity index (χ0n) is 72.9. The molecule has 7 aromatic carbocycles. The van der Waals surface area contributed by atoms with E-state index in [0.29, 0.717) is 33.4 Å². The standard InChI is InChI=1S/C28H32N4.C15H17NO.C14H17N3.C13H15N3.C9H6ClN.C6H6ClN.7C2H6.ClH/c1-30-20-25(24-8-2-3-9-26(24)30)21-11-13-23(14-12-21)31-16-18-32(19-17-31)27-10-4-6-22-7-5-15-29-28(22)27;1-16-10-14(11-6-8-12(17)9-7-11)13-4-2-3-5-15(13)16;1-16-8-10-17(11-9-16)13-6-2-4-12-5-3-7-15-14(12)13;1-3-11-4-2-6-15-13(11)12(5-1)16-9-7-14-8-10-16;10-8-5-1-3-7-4-2-6-11-9(7)8;7-5-3-1-2-4-6(5)8;7*1-2;/h2-10,15,20-21,23H,11-14,16-19H2,1H3;2-5,10-11H,6-9H2,1H3;2-7H,8-11H2,1H3;1-6,14H,7-10H2;1-6H;1-4H,8H2;7*1-2H3;1H. The summed E-state index contributed by atoms with van der Waals surface area (Å²) in [6.07, 6.45) is 20.9. The van der Waals surface area contributed by atoms with Gasteiger partial charge in [-0.15, -0.1) is 12.4 Å². The van der Waals surface area contributed by atoms with Crippen LogP contribution in [-0.2, 0) is 18.9 Å². The van der Waals surface area contributed by atoms with Crippen LogP contribution in [0.4, 0.5) is 22.7 Å². The number of fused-ring (bicyclic) bond motifs is 6. The zero-order valence-corrected chi connectivity index (χ0v) is 75.2. The molecule has 116 heavy (non-hydrogen) atoms. The number of carbonyl (C=O) groups is 1. The SMILES string of the molecule is CC.CC.CC.CC.CC.CC.CC.CN1CCN(c2cccc3cccnc23)CC1.Cl.Clc1cccc2cccnc12.Cn1cc(C2CCC(=O)CC2)c2ccccc21.Cn1cc(C2CCC(N3CCN(c4cccc5cccnc45)CC3)CC2)c2ccccc21.Nc1ccccc1Cl.c1cnc2c(N3CCNCC3)cccc2c1. The van der Waals surface area contributed by atoms with Crippen molar-refractivity contribution >= 4 is 130 Å². The van der Waals surface area contributed by atoms with Gasteiger partial charge in [0.05, 0.1) is 54.9 Å². The quantitative estimate of drug-likeness (QED) is 0.154. The van der Waals surface area contributed by atoms with Gasteiger partial charge >= 0.3 is 0 Å². The van der Waals surface area contributed by atoms with E-state index in [-0.39, 0.29) is 12.4 Å². The van der Waals surface area contributed by atoms with E-state index >= 15 is 0 Å². The number of halogens is 3. The number of hydrogen-bond acceptors (Lipinski definition) is 12. The summed E-state index contributed by atoms with van der Waals surface area (Å²) in [5, 5.41) is 12.3. The number of aryl methyl sites for hydroxylation is 2. The van der Waals surface area contributed by atoms with Crippen LogP contribution < -0.4 is 25.8 Å². The van der Waals surface area contributed by atoms with Crippen molar-refractivity contribution in [1.29, 1.82) is 0 Å². The highest BCUT2D eigenvalue weighted by molar-refractivity contribution is 6.35. The number of para-hydroxylation sites is 7. The Hall–Kier alpha value is -9.12. The molecular formula is C99H136Cl3N13O. The third-order valence-corrected chi connectivity index (χ3v) is 21.4. The molecule has 5 aliphatic rings. The first kappa shape index (κ1) is 97.5. The lowest BCUT2D eigenvalue weighted by atomic mass is 9.81. The molecule has 17 heteroatoms. The molecule has 3 aliphatic heterocycles. The van der Waals surface area contributed by atoms with E-state index in [0.717, 1.165) is 138 Å². The van der Waals surface area contributed by atoms with Gasteiger partial charge in [-0.2, -0.15) is 0 Å². The molecule has 0 spiro atoms. The number of aromatic nitrogens is 6. The monoisotopic (exact) mass is 1630 g/mol. The first-order valence-electron chi connectivity index (χ1n) is 43.0. The normalized spacial score (nSPS) is 15.7. The smallest absolute Gasteiger partial charge is 0.132 e. The van der Waals surface area contributed by atoms with Gasteiger partial charge in [-0.05, 0) is 141 Å². The number of ketones is 1. The van der Waals surface area contributed by atoms with Crippen molar-refractivity contribution in [1.82, 2.24) is 44.2 Å². The highest BCUT2D eigenvalue weighted by atomic mass is 35.5. The summed E-state index contributed by atoms with van der Waals surface area (Å²) in [6.45, 7) is 41.2. The highest BCUT2D eigenvalue weighted by Gasteiger charge is 2.31. The summed E-state index contributed by atoms with van der Waals surface area (Å²) in [7, 11) is 6.46. The summed E-state index contributed by atoms with van der Waals surface area (Å²) >= 11 is 11.5. The molecule has 2 aliphatic carbocycles. The second kappa shape index (κ2) is 54.0. The molecule has 3 N–H and O–H groups in total. The first-order valence-corrected chi connectivity index (χ1v) is 43.7. The molecule has 14 nitrogen and oxygen atoms in total. The largest absolute Gasteiger partial charge is 0.398 e. The second-order valence-corrected chi connectivity index (χ2v) is 28.0. The number of nitrogens with one attached hydrogen (secondary N) is 1. The molecule has 3 saturated heterocycles. The van der Waals surface area contributed by atoms with E-state index in [9.17, 15) is 4.79 Å². The molecule has 6 aromatic heterocycles. The fourth-order valence-electron chi connectivity index (χ4n) is 15.3. The molecule has 0 amide bonds. The Labute approximate surface area is 712 Å². The summed E-state index contributed by atoms with van der Waals surface area (Å²) in [4.78, 5) is 41.6. The van der Waals surface area contributed by atoms with Crippen LogP contribution in [0.15, 0.2) is 231 Å². The highest BCUT2D eigenvalue weighted by Crippen LogP contribution is 2.40. The summed E-state index contributed by atoms with van der Waals surface area (Å²) < 4.78 is 4.50. The van der Waals surface area contributed by atoms with Gasteiger partial charge in [-0.1, -0.05) is 241 Å². The third-order valence-electron chi connectivity index (χ3n) is 20.8. The molecule has 5 fully saturated rings. The van der Waals surface area contributed by atoms with Crippen molar-refractivity contribution in [2.24, 2.45) is 14.1 Å². The molecule has 624 valence electrons. The van der Waals surface area contributed by atoms with Crippen LogP contribution in [-0.4, -0.2) is 136 Å². The number of carbonyl (C=O) groups excluding carboxylic acids is 1. The molecule has 0 atom stereocenters. The van der Waals surface area contributed by atoms with Crippen molar-refractivity contribution in [2.45, 2.75) is 166 Å². The molecule has 2 saturated carbocycles. The lowest BCUT2D eigenvalue weighted by molar-refractivity contribution is -0.120. The summed E-state index contributed by atoms with van der Waals surface area (Å²) in [5.74, 6) is 1.71. The predicted molar refractivity (Wildman–Crippen MR) is 510 cm³/mol. The fraction of sp³-hybridized carbons (Fsp3) is 0.404. The number of pyridine rings is 4. The van der Waals surface area contributed by atoms with E-state index in [1.54, 1.807) is 23.9 Å². The van der Waals surface area contributed by atoms with E-state index in [1.807, 2.05) is 176 Å². The number of anilines is 4. The van der Waals surface area contributed by atoms with Crippen LogP contribution in [0.3, 0.4) is 0 Å². The number of nitrogens with two attached hydrogens (primary N) is 1. The molecule has 0 unspecified atom stereocenters. The maximum absolute atomic E-state index is 11.3. The molecule has 18 rings (SSSR count). The maximum Gasteiger partial charge on any atom is 0.132 e. The first-order chi connectivity index (χ1) is 56.5. The van der Waals surface area contributed by atoms with Crippen molar-refractivity contribution in [3.05, 3.63) is 252 Å². The number of nitrogen functional groups attached to an aromatic ring is 1. The van der Waals surface area contributed by atoms with Crippen LogP contribution in [0, 0.1) is 0 Å². The van der Waals surface area contributed by atoms with Gasteiger partial charge in [0, 0.05) is 192 Å². The second-order valence-electron chi connectivity index (χ2n) is 27.2. The fourth-order valence-corrected chi connectivity index (χ4v) is 15.6. The van der Waals surface area contributed by atoms with Gasteiger partial charge < -0.3 is 39.8 Å². The molecule has 0 bridgehead atoms. The zero-order chi connectivity index (χ0) is 83.4. The number of rotatable bonds is 6. The average Bonchev–Trinajstić information content (AvgIpc) is 1.49. The van der Waals surface area contributed by atoms with Gasteiger partial charge in [0.1, 0.15) is 5.78 Å². The van der Waals surface area contributed by atoms with Crippen LogP contribution in [0.25, 0.3) is 65.4 Å². The minimum atomic E-state index is 0. The Morgan fingerprint density at radius 2 is 0.698 bits per heavy atom. The Balaban J connectivity index is 0.000000251.